The van der Waals surface area contributed by atoms with Gasteiger partial charge in [0.05, 0.1) is 0 Å². The van der Waals surface area contributed by atoms with Crippen LogP contribution in [0.2, 0.25) is 0 Å². The van der Waals surface area contributed by atoms with Crippen molar-refractivity contribution in [3.8, 4) is 0 Å². The summed E-state index contributed by atoms with van der Waals surface area (Å²) in [6.07, 6.45) is 6.34. The molecule has 2 fully saturated rings. The molecule has 0 radical (unpaired) electrons. The summed E-state index contributed by atoms with van der Waals surface area (Å²) in [6, 6.07) is 6.31. The molecule has 5 heterocycles. The van der Waals surface area contributed by atoms with Gasteiger partial charge in [-0.2, -0.15) is 4.98 Å². The van der Waals surface area contributed by atoms with Crippen molar-refractivity contribution in [3.63, 3.8) is 0 Å². The molecule has 6 nitrogen and oxygen atoms in total. The van der Waals surface area contributed by atoms with E-state index in [9.17, 15) is 0 Å². The minimum atomic E-state index is 0.857. The second kappa shape index (κ2) is 6.72. The topological polar surface area (TPSA) is 48.4 Å². The first kappa shape index (κ1) is 15.8. The summed E-state index contributed by atoms with van der Waals surface area (Å²) >= 11 is 1.77. The third-order valence-electron chi connectivity index (χ3n) is 5.28. The van der Waals surface area contributed by atoms with Gasteiger partial charge in [-0.15, -0.1) is 11.3 Å². The molecule has 0 aromatic carbocycles. The summed E-state index contributed by atoms with van der Waals surface area (Å²) in [5.41, 5.74) is 0. The first-order valence-electron chi connectivity index (χ1n) is 9.28. The largest absolute Gasteiger partial charge is 0.356 e. The Morgan fingerprint density at radius 3 is 2.38 bits per heavy atom. The molecule has 0 unspecified atom stereocenters. The van der Waals surface area contributed by atoms with Crippen molar-refractivity contribution in [1.29, 1.82) is 0 Å². The molecular formula is C19H22N6S. The normalized spacial score (nSPS) is 18.1. The van der Waals surface area contributed by atoms with Crippen molar-refractivity contribution < 1.29 is 0 Å². The van der Waals surface area contributed by atoms with Crippen molar-refractivity contribution in [3.05, 3.63) is 36.0 Å². The van der Waals surface area contributed by atoms with Crippen molar-refractivity contribution in [2.24, 2.45) is 0 Å². The number of hydrogen-bond donors (Lipinski definition) is 0. The van der Waals surface area contributed by atoms with E-state index < -0.39 is 0 Å². The molecule has 0 amide bonds. The summed E-state index contributed by atoms with van der Waals surface area (Å²) < 4.78 is 1.30. The van der Waals surface area contributed by atoms with Crippen molar-refractivity contribution >= 4 is 39.0 Å². The lowest BCUT2D eigenvalue weighted by molar-refractivity contribution is 0.636. The fraction of sp³-hybridized carbons (Fsp3) is 0.421. The molecule has 0 bridgehead atoms. The minimum Gasteiger partial charge on any atom is -0.356 e. The van der Waals surface area contributed by atoms with Crippen LogP contribution in [0.1, 0.15) is 12.8 Å². The fourth-order valence-electron chi connectivity index (χ4n) is 3.86. The Labute approximate surface area is 157 Å². The predicted octanol–water partition coefficient (Wildman–Crippen LogP) is 3.01. The van der Waals surface area contributed by atoms with Gasteiger partial charge in [0.25, 0.3) is 0 Å². The summed E-state index contributed by atoms with van der Waals surface area (Å²) in [4.78, 5) is 21.0. The van der Waals surface area contributed by atoms with Crippen LogP contribution in [0.5, 0.6) is 0 Å². The second-order valence-corrected chi connectivity index (χ2v) is 7.80. The molecule has 134 valence electrons. The highest BCUT2D eigenvalue weighted by molar-refractivity contribution is 7.17. The van der Waals surface area contributed by atoms with E-state index in [4.69, 9.17) is 4.98 Å². The standard InChI is InChI=1S/C19H22N6S/c1-2-9-23(8-1)17-4-7-21-19(22-17)25-12-10-24(11-13-25)18-15-5-14-26-16(15)3-6-20-18/h3-7,14H,1-2,8-13H2. The van der Waals surface area contributed by atoms with Crippen LogP contribution in [0.4, 0.5) is 17.6 Å². The molecule has 0 saturated carbocycles. The molecule has 26 heavy (non-hydrogen) atoms. The van der Waals surface area contributed by atoms with Crippen molar-refractivity contribution in [1.82, 2.24) is 15.0 Å². The monoisotopic (exact) mass is 366 g/mol. The lowest BCUT2D eigenvalue weighted by Gasteiger charge is -2.35. The van der Waals surface area contributed by atoms with Crippen LogP contribution in [0.15, 0.2) is 36.0 Å². The first-order valence-corrected chi connectivity index (χ1v) is 10.2. The molecule has 2 saturated heterocycles. The Hall–Kier alpha value is -2.41. The number of piperazine rings is 1. The lowest BCUT2D eigenvalue weighted by atomic mass is 10.2. The molecule has 7 heteroatoms. The first-order chi connectivity index (χ1) is 12.9. The van der Waals surface area contributed by atoms with Crippen LogP contribution in [0.25, 0.3) is 10.1 Å². The van der Waals surface area contributed by atoms with Gasteiger partial charge >= 0.3 is 0 Å². The Kier molecular flexibility index (Phi) is 4.09. The molecule has 2 aliphatic rings. The van der Waals surface area contributed by atoms with Gasteiger partial charge in [0, 0.05) is 61.7 Å². The lowest BCUT2D eigenvalue weighted by Crippen LogP contribution is -2.47. The van der Waals surface area contributed by atoms with Crippen LogP contribution in [0.3, 0.4) is 0 Å². The van der Waals surface area contributed by atoms with Crippen LogP contribution in [-0.2, 0) is 0 Å². The summed E-state index contributed by atoms with van der Waals surface area (Å²) in [6.45, 7) is 5.96. The third kappa shape index (κ3) is 2.86. The zero-order valence-electron chi connectivity index (χ0n) is 14.7. The molecule has 3 aromatic rings. The van der Waals surface area contributed by atoms with Gasteiger partial charge in [0.2, 0.25) is 5.95 Å². The van der Waals surface area contributed by atoms with E-state index in [0.29, 0.717) is 0 Å². The maximum absolute atomic E-state index is 4.83. The van der Waals surface area contributed by atoms with Crippen molar-refractivity contribution in [2.45, 2.75) is 12.8 Å². The Morgan fingerprint density at radius 2 is 1.54 bits per heavy atom. The van der Waals surface area contributed by atoms with Gasteiger partial charge in [-0.3, -0.25) is 0 Å². The quantitative estimate of drug-likeness (QED) is 0.710. The Balaban J connectivity index is 1.31. The number of fused-ring (bicyclic) bond motifs is 1. The van der Waals surface area contributed by atoms with Crippen LogP contribution in [0, 0.1) is 0 Å². The molecule has 3 aromatic heterocycles. The van der Waals surface area contributed by atoms with E-state index in [1.807, 2.05) is 18.5 Å². The highest BCUT2D eigenvalue weighted by Gasteiger charge is 2.22. The van der Waals surface area contributed by atoms with E-state index in [-0.39, 0.29) is 0 Å². The molecule has 2 aliphatic heterocycles. The van der Waals surface area contributed by atoms with Gasteiger partial charge in [0.15, 0.2) is 0 Å². The van der Waals surface area contributed by atoms with Crippen LogP contribution < -0.4 is 14.7 Å². The molecule has 0 atom stereocenters. The third-order valence-corrected chi connectivity index (χ3v) is 6.16. The number of rotatable bonds is 3. The highest BCUT2D eigenvalue weighted by Crippen LogP contribution is 2.29. The van der Waals surface area contributed by atoms with Gasteiger partial charge in [-0.25, -0.2) is 9.97 Å². The van der Waals surface area contributed by atoms with E-state index in [1.54, 1.807) is 11.3 Å². The number of thiophene rings is 1. The molecule has 0 spiro atoms. The van der Waals surface area contributed by atoms with E-state index in [1.165, 1.54) is 22.9 Å². The average Bonchev–Trinajstić information content (AvgIpc) is 3.40. The fourth-order valence-corrected chi connectivity index (χ4v) is 4.64. The maximum atomic E-state index is 4.83. The minimum absolute atomic E-state index is 0.857. The van der Waals surface area contributed by atoms with Gasteiger partial charge in [-0.05, 0) is 36.4 Å². The highest BCUT2D eigenvalue weighted by atomic mass is 32.1. The van der Waals surface area contributed by atoms with Crippen LogP contribution >= 0.6 is 11.3 Å². The number of anilines is 3. The van der Waals surface area contributed by atoms with Gasteiger partial charge in [0.1, 0.15) is 11.6 Å². The second-order valence-electron chi connectivity index (χ2n) is 6.85. The van der Waals surface area contributed by atoms with Gasteiger partial charge < -0.3 is 14.7 Å². The summed E-state index contributed by atoms with van der Waals surface area (Å²) in [5.74, 6) is 3.03. The van der Waals surface area contributed by atoms with Gasteiger partial charge in [-0.1, -0.05) is 0 Å². The Morgan fingerprint density at radius 1 is 0.769 bits per heavy atom. The smallest absolute Gasteiger partial charge is 0.227 e. The van der Waals surface area contributed by atoms with E-state index >= 15 is 0 Å². The summed E-state index contributed by atoms with van der Waals surface area (Å²) in [7, 11) is 0. The van der Waals surface area contributed by atoms with Crippen molar-refractivity contribution in [2.75, 3.05) is 54.0 Å². The SMILES string of the molecule is c1cc(N2CCCC2)nc(N2CCN(c3nccc4sccc34)CC2)n1. The van der Waals surface area contributed by atoms with E-state index in [2.05, 4.69) is 42.2 Å². The Bertz CT molecular complexity index is 896. The molecule has 0 N–H and O–H groups in total. The zero-order chi connectivity index (χ0) is 17.3. The molecular weight excluding hydrogens is 344 g/mol. The number of pyridine rings is 1. The zero-order valence-corrected chi connectivity index (χ0v) is 15.5. The molecule has 0 aliphatic carbocycles. The maximum Gasteiger partial charge on any atom is 0.227 e. The average molecular weight is 366 g/mol. The number of hydrogen-bond acceptors (Lipinski definition) is 7. The number of nitrogens with zero attached hydrogens (tertiary/aromatic N) is 6. The van der Waals surface area contributed by atoms with Crippen LogP contribution in [-0.4, -0.2) is 54.2 Å². The summed E-state index contributed by atoms with van der Waals surface area (Å²) in [5, 5.41) is 3.40. The molecule has 5 rings (SSSR count). The predicted molar refractivity (Wildman–Crippen MR) is 108 cm³/mol. The van der Waals surface area contributed by atoms with E-state index in [0.717, 1.165) is 56.9 Å². The number of aromatic nitrogens is 3.